The molecule has 2 heteroatoms. The van der Waals surface area contributed by atoms with Gasteiger partial charge in [-0.25, -0.2) is 0 Å². The van der Waals surface area contributed by atoms with E-state index in [0.717, 1.165) is 24.3 Å². The predicted octanol–water partition coefficient (Wildman–Crippen LogP) is 3.68. The van der Waals surface area contributed by atoms with Crippen molar-refractivity contribution in [2.75, 3.05) is 0 Å². The number of ketones is 1. The first-order chi connectivity index (χ1) is 6.66. The Kier molecular flexibility index (Phi) is 2.73. The molecule has 0 aromatic carbocycles. The van der Waals surface area contributed by atoms with Crippen molar-refractivity contribution >= 4 is 17.1 Å². The van der Waals surface area contributed by atoms with Crippen molar-refractivity contribution in [2.45, 2.75) is 33.1 Å². The molecule has 1 aromatic rings. The zero-order chi connectivity index (χ0) is 10.1. The molecule has 1 aliphatic rings. The molecule has 0 N–H and O–H groups in total. The van der Waals surface area contributed by atoms with Crippen LogP contribution in [0.3, 0.4) is 0 Å². The topological polar surface area (TPSA) is 17.1 Å². The largest absolute Gasteiger partial charge is 0.294 e. The quantitative estimate of drug-likeness (QED) is 0.678. The number of thiophene rings is 1. The summed E-state index contributed by atoms with van der Waals surface area (Å²) >= 11 is 1.67. The lowest BCUT2D eigenvalue weighted by Crippen LogP contribution is -2.10. The Balaban J connectivity index is 2.09. The Bertz CT molecular complexity index is 340. The van der Waals surface area contributed by atoms with E-state index in [4.69, 9.17) is 0 Å². The first-order valence-corrected chi connectivity index (χ1v) is 6.14. The second-order valence-corrected chi connectivity index (χ2v) is 5.54. The molecule has 0 amide bonds. The van der Waals surface area contributed by atoms with Crippen LogP contribution in [0.2, 0.25) is 0 Å². The smallest absolute Gasteiger partial charge is 0.166 e. The molecule has 1 heterocycles. The molecule has 0 radical (unpaired) electrons. The van der Waals surface area contributed by atoms with Gasteiger partial charge in [0.15, 0.2) is 5.78 Å². The zero-order valence-electron chi connectivity index (χ0n) is 8.75. The van der Waals surface area contributed by atoms with Gasteiger partial charge in [0.05, 0.1) is 0 Å². The fourth-order valence-corrected chi connectivity index (χ4v) is 2.95. The lowest BCUT2D eigenvalue weighted by molar-refractivity contribution is 0.0921. The Morgan fingerprint density at radius 2 is 2.29 bits per heavy atom. The first-order valence-electron chi connectivity index (χ1n) is 5.26. The Hall–Kier alpha value is -0.630. The molecule has 0 spiro atoms. The number of rotatable bonds is 2. The highest BCUT2D eigenvalue weighted by atomic mass is 32.1. The van der Waals surface area contributed by atoms with E-state index in [1.54, 1.807) is 11.3 Å². The van der Waals surface area contributed by atoms with E-state index in [9.17, 15) is 4.79 Å². The normalized spacial score (nSPS) is 26.7. The summed E-state index contributed by atoms with van der Waals surface area (Å²) in [5.41, 5.74) is 0.937. The number of aryl methyl sites for hydroxylation is 1. The number of hydrogen-bond acceptors (Lipinski definition) is 2. The van der Waals surface area contributed by atoms with Crippen LogP contribution in [0.1, 0.15) is 41.4 Å². The van der Waals surface area contributed by atoms with Gasteiger partial charge in [-0.2, -0.15) is 0 Å². The van der Waals surface area contributed by atoms with E-state index in [-0.39, 0.29) is 0 Å². The maximum absolute atomic E-state index is 12.0. The van der Waals surface area contributed by atoms with Gasteiger partial charge in [0.1, 0.15) is 0 Å². The van der Waals surface area contributed by atoms with Crippen LogP contribution in [0.15, 0.2) is 11.4 Å². The van der Waals surface area contributed by atoms with E-state index >= 15 is 0 Å². The molecule has 1 fully saturated rings. The van der Waals surface area contributed by atoms with E-state index < -0.39 is 0 Å². The first kappa shape index (κ1) is 9.91. The molecule has 14 heavy (non-hydrogen) atoms. The highest BCUT2D eigenvalue weighted by Crippen LogP contribution is 2.33. The summed E-state index contributed by atoms with van der Waals surface area (Å²) in [5.74, 6) is 1.42. The second-order valence-electron chi connectivity index (χ2n) is 4.43. The Morgan fingerprint density at radius 1 is 1.50 bits per heavy atom. The highest BCUT2D eigenvalue weighted by molar-refractivity contribution is 7.10. The van der Waals surface area contributed by atoms with E-state index in [0.29, 0.717) is 11.7 Å². The summed E-state index contributed by atoms with van der Waals surface area (Å²) in [4.78, 5) is 13.2. The molecular weight excluding hydrogens is 192 g/mol. The van der Waals surface area contributed by atoms with Gasteiger partial charge in [0.25, 0.3) is 0 Å². The number of hydrogen-bond donors (Lipinski definition) is 0. The van der Waals surface area contributed by atoms with Crippen LogP contribution in [-0.4, -0.2) is 5.78 Å². The van der Waals surface area contributed by atoms with Gasteiger partial charge in [-0.05, 0) is 38.2 Å². The minimum Gasteiger partial charge on any atom is -0.294 e. The third-order valence-corrected chi connectivity index (χ3v) is 3.94. The van der Waals surface area contributed by atoms with Gasteiger partial charge in [-0.15, -0.1) is 11.3 Å². The van der Waals surface area contributed by atoms with Crippen molar-refractivity contribution in [3.8, 4) is 0 Å². The molecule has 0 aliphatic heterocycles. The van der Waals surface area contributed by atoms with Crippen molar-refractivity contribution in [1.82, 2.24) is 0 Å². The lowest BCUT2D eigenvalue weighted by Gasteiger charge is -2.05. The zero-order valence-corrected chi connectivity index (χ0v) is 9.56. The molecule has 2 atom stereocenters. The van der Waals surface area contributed by atoms with Crippen molar-refractivity contribution in [3.63, 3.8) is 0 Å². The van der Waals surface area contributed by atoms with E-state index in [1.807, 2.05) is 11.4 Å². The summed E-state index contributed by atoms with van der Waals surface area (Å²) in [6.45, 7) is 4.30. The number of Topliss-reactive ketones (excluding diaryl/α,β-unsaturated/α-hetero) is 1. The molecule has 2 rings (SSSR count). The third kappa shape index (κ3) is 1.90. The average molecular weight is 208 g/mol. The molecule has 1 nitrogen and oxygen atoms in total. The SMILES string of the molecule is Cc1cc(C(=O)C2CCC(C)C2)cs1. The highest BCUT2D eigenvalue weighted by Gasteiger charge is 2.28. The standard InChI is InChI=1S/C12H16OS/c1-8-3-4-10(5-8)12(13)11-6-9(2)14-7-11/h6-8,10H,3-5H2,1-2H3. The van der Waals surface area contributed by atoms with Gasteiger partial charge >= 0.3 is 0 Å². The number of carbonyl (C=O) groups is 1. The van der Waals surface area contributed by atoms with Gasteiger partial charge in [0.2, 0.25) is 0 Å². The van der Waals surface area contributed by atoms with Gasteiger partial charge in [0, 0.05) is 21.7 Å². The van der Waals surface area contributed by atoms with Crippen LogP contribution in [0.4, 0.5) is 0 Å². The summed E-state index contributed by atoms with van der Waals surface area (Å²) in [5, 5.41) is 2.00. The molecule has 2 unspecified atom stereocenters. The van der Waals surface area contributed by atoms with Crippen LogP contribution in [0.5, 0.6) is 0 Å². The van der Waals surface area contributed by atoms with Crippen molar-refractivity contribution in [2.24, 2.45) is 11.8 Å². The minimum atomic E-state index is 0.305. The van der Waals surface area contributed by atoms with Crippen LogP contribution in [0.25, 0.3) is 0 Å². The monoisotopic (exact) mass is 208 g/mol. The summed E-state index contributed by atoms with van der Waals surface area (Å²) in [6, 6.07) is 2.02. The molecule has 0 bridgehead atoms. The maximum Gasteiger partial charge on any atom is 0.166 e. The molecule has 1 saturated carbocycles. The van der Waals surface area contributed by atoms with Crippen LogP contribution in [-0.2, 0) is 0 Å². The Labute approximate surface area is 89.1 Å². The molecule has 1 aromatic heterocycles. The second kappa shape index (κ2) is 3.85. The fraction of sp³-hybridized carbons (Fsp3) is 0.583. The lowest BCUT2D eigenvalue weighted by atomic mass is 9.97. The predicted molar refractivity (Wildman–Crippen MR) is 59.9 cm³/mol. The van der Waals surface area contributed by atoms with Gasteiger partial charge in [-0.3, -0.25) is 4.79 Å². The number of carbonyl (C=O) groups excluding carboxylic acids is 1. The van der Waals surface area contributed by atoms with Gasteiger partial charge in [-0.1, -0.05) is 6.92 Å². The maximum atomic E-state index is 12.0. The Morgan fingerprint density at radius 3 is 2.79 bits per heavy atom. The molecule has 0 saturated heterocycles. The van der Waals surface area contributed by atoms with Crippen molar-refractivity contribution in [1.29, 1.82) is 0 Å². The van der Waals surface area contributed by atoms with E-state index in [1.165, 1.54) is 11.3 Å². The summed E-state index contributed by atoms with van der Waals surface area (Å²) in [6.07, 6.45) is 3.40. The van der Waals surface area contributed by atoms with Crippen molar-refractivity contribution < 1.29 is 4.79 Å². The van der Waals surface area contributed by atoms with E-state index in [2.05, 4.69) is 13.8 Å². The third-order valence-electron chi connectivity index (χ3n) is 3.08. The van der Waals surface area contributed by atoms with Crippen molar-refractivity contribution in [3.05, 3.63) is 21.9 Å². The summed E-state index contributed by atoms with van der Waals surface area (Å²) in [7, 11) is 0. The van der Waals surface area contributed by atoms with Gasteiger partial charge < -0.3 is 0 Å². The average Bonchev–Trinajstić information content (AvgIpc) is 2.73. The molecular formula is C12H16OS. The fourth-order valence-electron chi connectivity index (χ4n) is 2.25. The minimum absolute atomic E-state index is 0.305. The molecule has 1 aliphatic carbocycles. The van der Waals surface area contributed by atoms with Crippen LogP contribution >= 0.6 is 11.3 Å². The van der Waals surface area contributed by atoms with Crippen LogP contribution in [0, 0.1) is 18.8 Å². The molecule has 76 valence electrons. The summed E-state index contributed by atoms with van der Waals surface area (Å²) < 4.78 is 0. The van der Waals surface area contributed by atoms with Crippen LogP contribution < -0.4 is 0 Å².